The third-order valence-corrected chi connectivity index (χ3v) is 3.05. The van der Waals surface area contributed by atoms with Crippen LogP contribution in [0.15, 0.2) is 48.5 Å². The Kier molecular flexibility index (Phi) is 3.63. The Morgan fingerprint density at radius 1 is 0.889 bits per heavy atom. The molecule has 0 amide bonds. The van der Waals surface area contributed by atoms with E-state index in [4.69, 9.17) is 16.3 Å². The maximum absolute atomic E-state index is 6.23. The Labute approximate surface area is 113 Å². The summed E-state index contributed by atoms with van der Waals surface area (Å²) < 4.78 is 5.81. The van der Waals surface area contributed by atoms with E-state index in [2.05, 4.69) is 20.8 Å². The van der Waals surface area contributed by atoms with Gasteiger partial charge in [0.25, 0.3) is 0 Å². The summed E-state index contributed by atoms with van der Waals surface area (Å²) >= 11 is 6.23. The number of ether oxygens (including phenoxy) is 1. The van der Waals surface area contributed by atoms with Gasteiger partial charge in [0, 0.05) is 5.02 Å². The molecular weight excluding hydrogens is 244 g/mol. The van der Waals surface area contributed by atoms with Gasteiger partial charge >= 0.3 is 0 Å². The number of halogens is 1. The summed E-state index contributed by atoms with van der Waals surface area (Å²) in [6, 6.07) is 15.5. The Hall–Kier alpha value is -1.47. The Bertz CT molecular complexity index is 527. The van der Waals surface area contributed by atoms with Gasteiger partial charge in [0.1, 0.15) is 11.5 Å². The molecule has 0 spiro atoms. The van der Waals surface area contributed by atoms with Crippen molar-refractivity contribution < 1.29 is 4.74 Å². The molecule has 0 aliphatic rings. The molecule has 0 saturated carbocycles. The predicted octanol–water partition coefficient (Wildman–Crippen LogP) is 5.43. The monoisotopic (exact) mass is 260 g/mol. The second-order valence-electron chi connectivity index (χ2n) is 5.31. The molecule has 0 aromatic heterocycles. The lowest BCUT2D eigenvalue weighted by Gasteiger charge is -2.21. The largest absolute Gasteiger partial charge is 0.457 e. The van der Waals surface area contributed by atoms with Crippen LogP contribution in [-0.2, 0) is 5.41 Å². The minimum atomic E-state index is 0.00708. The van der Waals surface area contributed by atoms with Crippen molar-refractivity contribution >= 4 is 11.6 Å². The number of para-hydroxylation sites is 1. The van der Waals surface area contributed by atoms with Crippen molar-refractivity contribution in [3.8, 4) is 11.5 Å². The van der Waals surface area contributed by atoms with Crippen LogP contribution in [-0.4, -0.2) is 0 Å². The third-order valence-electron chi connectivity index (χ3n) is 2.72. The number of benzene rings is 2. The first kappa shape index (κ1) is 13.0. The highest BCUT2D eigenvalue weighted by Crippen LogP contribution is 2.33. The van der Waals surface area contributed by atoms with E-state index in [0.717, 1.165) is 22.1 Å². The lowest BCUT2D eigenvalue weighted by molar-refractivity contribution is 0.478. The zero-order valence-corrected chi connectivity index (χ0v) is 11.7. The smallest absolute Gasteiger partial charge is 0.127 e. The van der Waals surface area contributed by atoms with Crippen molar-refractivity contribution in [2.75, 3.05) is 0 Å². The normalized spacial score (nSPS) is 11.3. The van der Waals surface area contributed by atoms with E-state index >= 15 is 0 Å². The van der Waals surface area contributed by atoms with Crippen molar-refractivity contribution in [1.82, 2.24) is 0 Å². The van der Waals surface area contributed by atoms with Gasteiger partial charge in [-0.3, -0.25) is 0 Å². The molecule has 0 unspecified atom stereocenters. The molecule has 0 fully saturated rings. The Morgan fingerprint density at radius 2 is 1.56 bits per heavy atom. The van der Waals surface area contributed by atoms with Gasteiger partial charge in [0.2, 0.25) is 0 Å². The average molecular weight is 261 g/mol. The first-order chi connectivity index (χ1) is 8.47. The molecule has 0 heterocycles. The van der Waals surface area contributed by atoms with Crippen LogP contribution in [0, 0.1) is 0 Å². The lowest BCUT2D eigenvalue weighted by Crippen LogP contribution is -2.11. The van der Waals surface area contributed by atoms with Crippen LogP contribution in [0.4, 0.5) is 0 Å². The van der Waals surface area contributed by atoms with Crippen molar-refractivity contribution in [2.45, 2.75) is 26.2 Å². The predicted molar refractivity (Wildman–Crippen MR) is 76.7 cm³/mol. The molecule has 0 aliphatic heterocycles. The van der Waals surface area contributed by atoms with E-state index in [1.807, 2.05) is 48.5 Å². The maximum atomic E-state index is 6.23. The average Bonchev–Trinajstić information content (AvgIpc) is 2.31. The molecule has 2 aromatic rings. The van der Waals surface area contributed by atoms with Crippen LogP contribution >= 0.6 is 11.6 Å². The summed E-state index contributed by atoms with van der Waals surface area (Å²) in [5, 5.41) is 0.780. The van der Waals surface area contributed by atoms with Gasteiger partial charge in [-0.25, -0.2) is 0 Å². The standard InChI is InChI=1S/C16H17ClO/c1-16(2,3)14-11-13(9-10-15(14)17)18-12-7-5-4-6-8-12/h4-11H,1-3H3. The second kappa shape index (κ2) is 5.03. The van der Waals surface area contributed by atoms with E-state index in [-0.39, 0.29) is 5.41 Å². The van der Waals surface area contributed by atoms with Gasteiger partial charge in [-0.2, -0.15) is 0 Å². The Balaban J connectivity index is 2.31. The van der Waals surface area contributed by atoms with Crippen LogP contribution in [0.2, 0.25) is 5.02 Å². The molecule has 1 nitrogen and oxygen atoms in total. The molecule has 0 bridgehead atoms. The highest BCUT2D eigenvalue weighted by atomic mass is 35.5. The molecule has 94 valence electrons. The minimum Gasteiger partial charge on any atom is -0.457 e. The van der Waals surface area contributed by atoms with E-state index in [9.17, 15) is 0 Å². The van der Waals surface area contributed by atoms with E-state index in [0.29, 0.717) is 0 Å². The van der Waals surface area contributed by atoms with Crippen molar-refractivity contribution in [3.63, 3.8) is 0 Å². The highest BCUT2D eigenvalue weighted by molar-refractivity contribution is 6.31. The van der Waals surface area contributed by atoms with Crippen molar-refractivity contribution in [3.05, 3.63) is 59.1 Å². The Morgan fingerprint density at radius 3 is 2.17 bits per heavy atom. The summed E-state index contributed by atoms with van der Waals surface area (Å²) in [5.74, 6) is 1.65. The van der Waals surface area contributed by atoms with Gasteiger partial charge in [0.05, 0.1) is 0 Å². The zero-order valence-electron chi connectivity index (χ0n) is 10.9. The molecular formula is C16H17ClO. The van der Waals surface area contributed by atoms with E-state index in [1.165, 1.54) is 0 Å². The molecule has 2 heteroatoms. The first-order valence-corrected chi connectivity index (χ1v) is 6.37. The summed E-state index contributed by atoms with van der Waals surface area (Å²) in [6.07, 6.45) is 0. The molecule has 2 aromatic carbocycles. The van der Waals surface area contributed by atoms with Gasteiger partial charge in [-0.15, -0.1) is 0 Å². The van der Waals surface area contributed by atoms with Crippen LogP contribution in [0.5, 0.6) is 11.5 Å². The minimum absolute atomic E-state index is 0.00708. The van der Waals surface area contributed by atoms with E-state index in [1.54, 1.807) is 0 Å². The topological polar surface area (TPSA) is 9.23 Å². The quantitative estimate of drug-likeness (QED) is 0.700. The first-order valence-electron chi connectivity index (χ1n) is 6.00. The van der Waals surface area contributed by atoms with Gasteiger partial charge in [-0.05, 0) is 41.3 Å². The van der Waals surface area contributed by atoms with Crippen molar-refractivity contribution in [2.24, 2.45) is 0 Å². The summed E-state index contributed by atoms with van der Waals surface area (Å²) in [6.45, 7) is 6.42. The van der Waals surface area contributed by atoms with Gasteiger partial charge in [0.15, 0.2) is 0 Å². The van der Waals surface area contributed by atoms with Gasteiger partial charge < -0.3 is 4.74 Å². The molecule has 2 rings (SSSR count). The fraction of sp³-hybridized carbons (Fsp3) is 0.250. The zero-order chi connectivity index (χ0) is 13.2. The second-order valence-corrected chi connectivity index (χ2v) is 5.71. The SMILES string of the molecule is CC(C)(C)c1cc(Oc2ccccc2)ccc1Cl. The van der Waals surface area contributed by atoms with Gasteiger partial charge in [-0.1, -0.05) is 50.6 Å². The summed E-state index contributed by atoms with van der Waals surface area (Å²) in [5.41, 5.74) is 1.10. The van der Waals surface area contributed by atoms with Crippen molar-refractivity contribution in [1.29, 1.82) is 0 Å². The highest BCUT2D eigenvalue weighted by Gasteiger charge is 2.18. The number of hydrogen-bond donors (Lipinski definition) is 0. The van der Waals surface area contributed by atoms with Crippen LogP contribution < -0.4 is 4.74 Å². The third kappa shape index (κ3) is 3.05. The van der Waals surface area contributed by atoms with E-state index < -0.39 is 0 Å². The fourth-order valence-electron chi connectivity index (χ4n) is 1.77. The lowest BCUT2D eigenvalue weighted by atomic mass is 9.87. The fourth-order valence-corrected chi connectivity index (χ4v) is 2.17. The van der Waals surface area contributed by atoms with Crippen LogP contribution in [0.1, 0.15) is 26.3 Å². The number of rotatable bonds is 2. The molecule has 0 saturated heterocycles. The van der Waals surface area contributed by atoms with Crippen LogP contribution in [0.3, 0.4) is 0 Å². The summed E-state index contributed by atoms with van der Waals surface area (Å²) in [7, 11) is 0. The number of hydrogen-bond acceptors (Lipinski definition) is 1. The molecule has 0 radical (unpaired) electrons. The molecule has 0 N–H and O–H groups in total. The molecule has 0 atom stereocenters. The molecule has 0 aliphatic carbocycles. The maximum Gasteiger partial charge on any atom is 0.127 e. The summed E-state index contributed by atoms with van der Waals surface area (Å²) in [4.78, 5) is 0. The molecule has 18 heavy (non-hydrogen) atoms. The van der Waals surface area contributed by atoms with Crippen LogP contribution in [0.25, 0.3) is 0 Å².